The molecule has 1 aliphatic rings. The summed E-state index contributed by atoms with van der Waals surface area (Å²) < 4.78 is 0. The van der Waals surface area contributed by atoms with Crippen molar-refractivity contribution in [2.45, 2.75) is 13.8 Å². The van der Waals surface area contributed by atoms with Crippen LogP contribution in [0.5, 0.6) is 0 Å². The second-order valence-electron chi connectivity index (χ2n) is 5.20. The van der Waals surface area contributed by atoms with E-state index in [2.05, 4.69) is 23.7 Å². The normalized spacial score (nSPS) is 23.7. The number of nitrogen functional groups attached to an aromatic ring is 1. The maximum absolute atomic E-state index is 9.34. The Labute approximate surface area is 96.1 Å². The predicted octanol–water partition coefficient (Wildman–Crippen LogP) is 1.12. The largest absolute Gasteiger partial charge is 0.397 e. The molecule has 0 aliphatic carbocycles. The van der Waals surface area contributed by atoms with E-state index in [1.807, 2.05) is 12.1 Å². The topological polar surface area (TPSA) is 62.4 Å². The third kappa shape index (κ3) is 1.97. The van der Waals surface area contributed by atoms with E-state index in [-0.39, 0.29) is 12.0 Å². The zero-order valence-corrected chi connectivity index (χ0v) is 9.85. The Morgan fingerprint density at radius 3 is 2.81 bits per heavy atom. The molecule has 16 heavy (non-hydrogen) atoms. The van der Waals surface area contributed by atoms with Gasteiger partial charge in [0.25, 0.3) is 0 Å². The third-order valence-corrected chi connectivity index (χ3v) is 3.46. The zero-order valence-electron chi connectivity index (χ0n) is 9.85. The minimum atomic E-state index is 0.137. The van der Waals surface area contributed by atoms with Crippen LogP contribution >= 0.6 is 0 Å². The SMILES string of the molecule is CC1(C)CN(c2ccc(N)cn2)CC1CO. The van der Waals surface area contributed by atoms with E-state index < -0.39 is 0 Å². The molecule has 0 radical (unpaired) electrons. The van der Waals surface area contributed by atoms with Gasteiger partial charge in [-0.2, -0.15) is 0 Å². The maximum atomic E-state index is 9.34. The molecule has 4 heteroatoms. The van der Waals surface area contributed by atoms with Crippen molar-refractivity contribution in [1.29, 1.82) is 0 Å². The quantitative estimate of drug-likeness (QED) is 0.785. The number of aliphatic hydroxyl groups excluding tert-OH is 1. The summed E-state index contributed by atoms with van der Waals surface area (Å²) in [4.78, 5) is 6.52. The van der Waals surface area contributed by atoms with Crippen molar-refractivity contribution in [1.82, 2.24) is 4.98 Å². The Morgan fingerprint density at radius 1 is 1.56 bits per heavy atom. The second-order valence-corrected chi connectivity index (χ2v) is 5.20. The molecule has 1 atom stereocenters. The van der Waals surface area contributed by atoms with Gasteiger partial charge in [-0.25, -0.2) is 4.98 Å². The molecule has 2 rings (SSSR count). The summed E-state index contributed by atoms with van der Waals surface area (Å²) in [5.74, 6) is 1.25. The van der Waals surface area contributed by atoms with Crippen molar-refractivity contribution in [3.05, 3.63) is 18.3 Å². The van der Waals surface area contributed by atoms with E-state index in [0.29, 0.717) is 11.6 Å². The average molecular weight is 221 g/mol. The van der Waals surface area contributed by atoms with Crippen LogP contribution in [0.15, 0.2) is 18.3 Å². The van der Waals surface area contributed by atoms with Gasteiger partial charge in [0.05, 0.1) is 11.9 Å². The first-order valence-electron chi connectivity index (χ1n) is 5.60. The fourth-order valence-corrected chi connectivity index (χ4v) is 2.26. The van der Waals surface area contributed by atoms with Crippen LogP contribution in [0.3, 0.4) is 0 Å². The van der Waals surface area contributed by atoms with Crippen LogP contribution in [-0.4, -0.2) is 29.8 Å². The molecule has 88 valence electrons. The molecule has 0 amide bonds. The fraction of sp³-hybridized carbons (Fsp3) is 0.583. The van der Waals surface area contributed by atoms with E-state index in [9.17, 15) is 5.11 Å². The van der Waals surface area contributed by atoms with Gasteiger partial charge in [-0.3, -0.25) is 0 Å². The number of anilines is 2. The highest BCUT2D eigenvalue weighted by Crippen LogP contribution is 2.36. The van der Waals surface area contributed by atoms with Gasteiger partial charge >= 0.3 is 0 Å². The number of aromatic nitrogens is 1. The first-order chi connectivity index (χ1) is 7.53. The zero-order chi connectivity index (χ0) is 11.8. The number of rotatable bonds is 2. The Hall–Kier alpha value is -1.29. The highest BCUT2D eigenvalue weighted by molar-refractivity contribution is 5.46. The summed E-state index contributed by atoms with van der Waals surface area (Å²) in [5.41, 5.74) is 6.43. The van der Waals surface area contributed by atoms with Crippen LogP contribution in [-0.2, 0) is 0 Å². The van der Waals surface area contributed by atoms with Gasteiger partial charge in [0.15, 0.2) is 0 Å². The van der Waals surface area contributed by atoms with Crippen LogP contribution in [0.4, 0.5) is 11.5 Å². The molecule has 0 aromatic carbocycles. The molecule has 4 nitrogen and oxygen atoms in total. The van der Waals surface area contributed by atoms with Gasteiger partial charge in [-0.15, -0.1) is 0 Å². The number of hydrogen-bond donors (Lipinski definition) is 2. The van der Waals surface area contributed by atoms with Crippen LogP contribution in [0.25, 0.3) is 0 Å². The molecule has 1 fully saturated rings. The summed E-state index contributed by atoms with van der Waals surface area (Å²) in [6.07, 6.45) is 1.68. The lowest BCUT2D eigenvalue weighted by atomic mass is 9.83. The highest BCUT2D eigenvalue weighted by Gasteiger charge is 2.39. The van der Waals surface area contributed by atoms with Crippen molar-refractivity contribution in [3.8, 4) is 0 Å². The maximum Gasteiger partial charge on any atom is 0.128 e. The second kappa shape index (κ2) is 3.94. The monoisotopic (exact) mass is 221 g/mol. The molecule has 0 saturated carbocycles. The van der Waals surface area contributed by atoms with Gasteiger partial charge in [-0.1, -0.05) is 13.8 Å². The van der Waals surface area contributed by atoms with Gasteiger partial charge in [-0.05, 0) is 17.5 Å². The molecule has 1 aromatic rings. The van der Waals surface area contributed by atoms with Crippen LogP contribution in [0, 0.1) is 11.3 Å². The van der Waals surface area contributed by atoms with E-state index in [0.717, 1.165) is 18.9 Å². The van der Waals surface area contributed by atoms with Crippen molar-refractivity contribution in [2.75, 3.05) is 30.3 Å². The van der Waals surface area contributed by atoms with E-state index in [4.69, 9.17) is 5.73 Å². The van der Waals surface area contributed by atoms with Crippen molar-refractivity contribution in [3.63, 3.8) is 0 Å². The number of hydrogen-bond acceptors (Lipinski definition) is 4. The third-order valence-electron chi connectivity index (χ3n) is 3.46. The minimum absolute atomic E-state index is 0.137. The van der Waals surface area contributed by atoms with E-state index in [1.165, 1.54) is 0 Å². The van der Waals surface area contributed by atoms with Gasteiger partial charge < -0.3 is 15.7 Å². The summed E-state index contributed by atoms with van der Waals surface area (Å²) >= 11 is 0. The van der Waals surface area contributed by atoms with Crippen LogP contribution in [0.1, 0.15) is 13.8 Å². The molecule has 3 N–H and O–H groups in total. The Morgan fingerprint density at radius 2 is 2.31 bits per heavy atom. The molecule has 0 spiro atoms. The van der Waals surface area contributed by atoms with Crippen LogP contribution < -0.4 is 10.6 Å². The molecule has 1 aromatic heterocycles. The first kappa shape index (κ1) is 11.2. The van der Waals surface area contributed by atoms with Gasteiger partial charge in [0, 0.05) is 25.6 Å². The molecular formula is C12H19N3O. The number of pyridine rings is 1. The Kier molecular flexibility index (Phi) is 2.76. The van der Waals surface area contributed by atoms with Crippen molar-refractivity contribution >= 4 is 11.5 Å². The van der Waals surface area contributed by atoms with Gasteiger partial charge in [0.1, 0.15) is 5.82 Å². The molecule has 1 aliphatic heterocycles. The number of nitrogens with zero attached hydrogens (tertiary/aromatic N) is 2. The molecular weight excluding hydrogens is 202 g/mol. The smallest absolute Gasteiger partial charge is 0.128 e. The summed E-state index contributed by atoms with van der Waals surface area (Å²) in [6, 6.07) is 3.80. The lowest BCUT2D eigenvalue weighted by Crippen LogP contribution is -2.25. The Balaban J connectivity index is 2.16. The average Bonchev–Trinajstić information content (AvgIpc) is 2.54. The predicted molar refractivity (Wildman–Crippen MR) is 65.2 cm³/mol. The molecule has 2 heterocycles. The van der Waals surface area contributed by atoms with E-state index in [1.54, 1.807) is 6.20 Å². The Bertz CT molecular complexity index is 361. The number of nitrogens with two attached hydrogens (primary N) is 1. The fourth-order valence-electron chi connectivity index (χ4n) is 2.26. The molecule has 0 bridgehead atoms. The van der Waals surface area contributed by atoms with Gasteiger partial charge in [0.2, 0.25) is 0 Å². The summed E-state index contributed by atoms with van der Waals surface area (Å²) in [6.45, 7) is 6.39. The standard InChI is InChI=1S/C12H19N3O/c1-12(2)8-15(6-9(12)7-16)11-4-3-10(13)5-14-11/h3-5,9,16H,6-8,13H2,1-2H3. The lowest BCUT2D eigenvalue weighted by Gasteiger charge is -2.23. The van der Waals surface area contributed by atoms with Crippen molar-refractivity contribution in [2.24, 2.45) is 11.3 Å². The molecule has 1 unspecified atom stereocenters. The van der Waals surface area contributed by atoms with Crippen LogP contribution in [0.2, 0.25) is 0 Å². The lowest BCUT2D eigenvalue weighted by molar-refractivity contribution is 0.161. The highest BCUT2D eigenvalue weighted by atomic mass is 16.3. The first-order valence-corrected chi connectivity index (χ1v) is 5.60. The summed E-state index contributed by atoms with van der Waals surface area (Å²) in [5, 5.41) is 9.34. The minimum Gasteiger partial charge on any atom is -0.397 e. The molecule has 1 saturated heterocycles. The van der Waals surface area contributed by atoms with Crippen molar-refractivity contribution < 1.29 is 5.11 Å². The number of aliphatic hydroxyl groups is 1. The van der Waals surface area contributed by atoms with E-state index >= 15 is 0 Å². The summed E-state index contributed by atoms with van der Waals surface area (Å²) in [7, 11) is 0.